The molecule has 0 aliphatic carbocycles. The number of hydrogen-bond donors (Lipinski definition) is 0. The monoisotopic (exact) mass is 384 g/mol. The van der Waals surface area contributed by atoms with Crippen molar-refractivity contribution in [2.45, 2.75) is 11.8 Å². The highest BCUT2D eigenvalue weighted by atomic mass is 32.2. The quantitative estimate of drug-likeness (QED) is 0.598. The Labute approximate surface area is 156 Å². The lowest BCUT2D eigenvalue weighted by molar-refractivity contribution is 0.101. The normalized spacial score (nSPS) is 11.0. The summed E-state index contributed by atoms with van der Waals surface area (Å²) in [5.41, 5.74) is 0.402. The average molecular weight is 384 g/mol. The molecule has 2 aromatic carbocycles. The zero-order valence-electron chi connectivity index (χ0n) is 14.6. The maximum absolute atomic E-state index is 11.8. The van der Waals surface area contributed by atoms with Crippen LogP contribution < -0.4 is 9.47 Å². The number of aromatic nitrogens is 2. The fourth-order valence-corrected chi connectivity index (χ4v) is 2.87. The molecule has 1 heterocycles. The van der Waals surface area contributed by atoms with Crippen molar-refractivity contribution in [1.29, 1.82) is 0 Å². The summed E-state index contributed by atoms with van der Waals surface area (Å²) in [5.74, 6) is 1.28. The van der Waals surface area contributed by atoms with Crippen LogP contribution in [0.1, 0.15) is 17.3 Å². The first-order chi connectivity index (χ1) is 12.8. The summed E-state index contributed by atoms with van der Waals surface area (Å²) < 4.78 is 34.4. The van der Waals surface area contributed by atoms with Crippen LogP contribution in [0.25, 0.3) is 0 Å². The van der Waals surface area contributed by atoms with E-state index in [2.05, 4.69) is 9.97 Å². The fraction of sp³-hybridized carbons (Fsp3) is 0.105. The van der Waals surface area contributed by atoms with Crippen LogP contribution >= 0.6 is 0 Å². The molecule has 27 heavy (non-hydrogen) atoms. The summed E-state index contributed by atoms with van der Waals surface area (Å²) in [6.45, 7) is 1.44. The number of hydrogen-bond acceptors (Lipinski definition) is 7. The van der Waals surface area contributed by atoms with Crippen LogP contribution in [0.2, 0.25) is 0 Å². The van der Waals surface area contributed by atoms with Gasteiger partial charge in [-0.2, -0.15) is 0 Å². The Hall–Kier alpha value is -3.26. The minimum atomic E-state index is -3.28. The van der Waals surface area contributed by atoms with Gasteiger partial charge in [0.1, 0.15) is 17.2 Å². The number of sulfone groups is 1. The Morgan fingerprint density at radius 2 is 1.59 bits per heavy atom. The standard InChI is InChI=1S/C19H16N2O5S/c1-13(22)14-9-16(11-17(10-14)26-19-12-20-7-8-21-19)25-15-3-5-18(6-4-15)27(2,23)24/h3-12H,1-2H3. The fourth-order valence-electron chi connectivity index (χ4n) is 2.24. The lowest BCUT2D eigenvalue weighted by atomic mass is 10.1. The van der Waals surface area contributed by atoms with Gasteiger partial charge in [0.25, 0.3) is 0 Å². The van der Waals surface area contributed by atoms with Crippen LogP contribution in [0, 0.1) is 0 Å². The largest absolute Gasteiger partial charge is 0.457 e. The van der Waals surface area contributed by atoms with Gasteiger partial charge in [-0.05, 0) is 43.3 Å². The molecule has 3 rings (SSSR count). The van der Waals surface area contributed by atoms with E-state index in [0.717, 1.165) is 6.26 Å². The van der Waals surface area contributed by atoms with E-state index < -0.39 is 9.84 Å². The molecule has 0 aliphatic heterocycles. The zero-order chi connectivity index (χ0) is 19.4. The van der Waals surface area contributed by atoms with Crippen LogP contribution in [0.15, 0.2) is 66.0 Å². The number of rotatable bonds is 6. The predicted molar refractivity (Wildman–Crippen MR) is 98.2 cm³/mol. The van der Waals surface area contributed by atoms with E-state index in [4.69, 9.17) is 9.47 Å². The van der Waals surface area contributed by atoms with E-state index in [1.54, 1.807) is 30.3 Å². The Morgan fingerprint density at radius 3 is 2.15 bits per heavy atom. The molecule has 138 valence electrons. The number of nitrogens with zero attached hydrogens (tertiary/aromatic N) is 2. The Morgan fingerprint density at radius 1 is 0.926 bits per heavy atom. The van der Waals surface area contributed by atoms with Gasteiger partial charge in [0.2, 0.25) is 5.88 Å². The van der Waals surface area contributed by atoms with Crippen LogP contribution in [0.5, 0.6) is 23.1 Å². The molecular weight excluding hydrogens is 368 g/mol. The summed E-state index contributed by atoms with van der Waals surface area (Å²) in [6, 6.07) is 10.8. The number of carbonyl (C=O) groups excluding carboxylic acids is 1. The maximum Gasteiger partial charge on any atom is 0.237 e. The number of ether oxygens (including phenoxy) is 2. The number of Topliss-reactive ketones (excluding diaryl/α,β-unsaturated/α-hetero) is 1. The molecule has 3 aromatic rings. The highest BCUT2D eigenvalue weighted by Crippen LogP contribution is 2.30. The van der Waals surface area contributed by atoms with E-state index in [0.29, 0.717) is 22.8 Å². The highest BCUT2D eigenvalue weighted by molar-refractivity contribution is 7.90. The minimum absolute atomic E-state index is 0.156. The first kappa shape index (κ1) is 18.5. The topological polar surface area (TPSA) is 95.5 Å². The van der Waals surface area contributed by atoms with Crippen LogP contribution in [-0.4, -0.2) is 30.4 Å². The molecule has 1 aromatic heterocycles. The third kappa shape index (κ3) is 4.89. The molecule has 0 N–H and O–H groups in total. The van der Waals surface area contributed by atoms with Crippen molar-refractivity contribution in [3.63, 3.8) is 0 Å². The summed E-state index contributed by atoms with van der Waals surface area (Å²) in [5, 5.41) is 0. The van der Waals surface area contributed by atoms with Crippen molar-refractivity contribution in [3.05, 3.63) is 66.6 Å². The van der Waals surface area contributed by atoms with Gasteiger partial charge in [0.15, 0.2) is 15.6 Å². The Bertz CT molecular complexity index is 1070. The molecule has 0 amide bonds. The Balaban J connectivity index is 1.89. The molecule has 0 radical (unpaired) electrons. The van der Waals surface area contributed by atoms with Crippen LogP contribution in [0.3, 0.4) is 0 Å². The maximum atomic E-state index is 11.8. The molecule has 0 atom stereocenters. The van der Waals surface area contributed by atoms with E-state index >= 15 is 0 Å². The van der Waals surface area contributed by atoms with Gasteiger partial charge in [0.05, 0.1) is 11.1 Å². The van der Waals surface area contributed by atoms with Gasteiger partial charge in [-0.15, -0.1) is 0 Å². The van der Waals surface area contributed by atoms with Crippen molar-refractivity contribution in [3.8, 4) is 23.1 Å². The summed E-state index contributed by atoms with van der Waals surface area (Å²) in [4.78, 5) is 19.9. The molecule has 0 saturated carbocycles. The Kier molecular flexibility index (Phi) is 5.18. The second-order valence-electron chi connectivity index (χ2n) is 5.74. The minimum Gasteiger partial charge on any atom is -0.457 e. The third-order valence-corrected chi connectivity index (χ3v) is 4.66. The van der Waals surface area contributed by atoms with Crippen molar-refractivity contribution in [1.82, 2.24) is 9.97 Å². The van der Waals surface area contributed by atoms with E-state index in [1.165, 1.54) is 37.6 Å². The van der Waals surface area contributed by atoms with Gasteiger partial charge in [0, 0.05) is 30.3 Å². The van der Waals surface area contributed by atoms with Crippen LogP contribution in [0.4, 0.5) is 0 Å². The van der Waals surface area contributed by atoms with Gasteiger partial charge in [-0.1, -0.05) is 0 Å². The van der Waals surface area contributed by atoms with E-state index in [1.807, 2.05) is 0 Å². The molecule has 7 nitrogen and oxygen atoms in total. The van der Waals surface area contributed by atoms with Gasteiger partial charge in [-0.3, -0.25) is 9.78 Å². The molecule has 0 saturated heterocycles. The molecule has 0 unspecified atom stereocenters. The molecule has 0 fully saturated rings. The average Bonchev–Trinajstić information content (AvgIpc) is 2.62. The van der Waals surface area contributed by atoms with E-state index in [-0.39, 0.29) is 16.6 Å². The van der Waals surface area contributed by atoms with E-state index in [9.17, 15) is 13.2 Å². The van der Waals surface area contributed by atoms with Crippen LogP contribution in [-0.2, 0) is 9.84 Å². The van der Waals surface area contributed by atoms with Crippen molar-refractivity contribution >= 4 is 15.6 Å². The predicted octanol–water partition coefficient (Wildman–Crippen LogP) is 3.67. The molecule has 0 spiro atoms. The summed E-state index contributed by atoms with van der Waals surface area (Å²) in [6.07, 6.45) is 5.60. The van der Waals surface area contributed by atoms with Crippen molar-refractivity contribution in [2.24, 2.45) is 0 Å². The number of carbonyl (C=O) groups is 1. The first-order valence-corrected chi connectivity index (χ1v) is 9.78. The summed E-state index contributed by atoms with van der Waals surface area (Å²) in [7, 11) is -3.28. The lowest BCUT2D eigenvalue weighted by Crippen LogP contribution is -1.97. The van der Waals surface area contributed by atoms with Crippen molar-refractivity contribution in [2.75, 3.05) is 6.26 Å². The third-order valence-electron chi connectivity index (χ3n) is 3.54. The SMILES string of the molecule is CC(=O)c1cc(Oc2ccc(S(C)(=O)=O)cc2)cc(Oc2cnccn2)c1. The van der Waals surface area contributed by atoms with Crippen molar-refractivity contribution < 1.29 is 22.7 Å². The molecule has 0 aliphatic rings. The highest BCUT2D eigenvalue weighted by Gasteiger charge is 2.10. The lowest BCUT2D eigenvalue weighted by Gasteiger charge is -2.11. The van der Waals surface area contributed by atoms with Gasteiger partial charge < -0.3 is 9.47 Å². The van der Waals surface area contributed by atoms with Gasteiger partial charge in [-0.25, -0.2) is 13.4 Å². The number of ketones is 1. The smallest absolute Gasteiger partial charge is 0.237 e. The molecule has 0 bridgehead atoms. The first-order valence-electron chi connectivity index (χ1n) is 7.89. The second-order valence-corrected chi connectivity index (χ2v) is 7.76. The number of benzene rings is 2. The molecule has 8 heteroatoms. The van der Waals surface area contributed by atoms with Gasteiger partial charge >= 0.3 is 0 Å². The second kappa shape index (κ2) is 7.55. The molecular formula is C19H16N2O5S. The zero-order valence-corrected chi connectivity index (χ0v) is 15.4. The summed E-state index contributed by atoms with van der Waals surface area (Å²) >= 11 is 0.